The lowest BCUT2D eigenvalue weighted by molar-refractivity contribution is -0.757. The van der Waals surface area contributed by atoms with Gasteiger partial charge in [-0.15, -0.1) is 10.1 Å². The fourth-order valence-corrected chi connectivity index (χ4v) is 1.77. The molecule has 5 heteroatoms. The summed E-state index contributed by atoms with van der Waals surface area (Å²) in [4.78, 5) is 14.1. The summed E-state index contributed by atoms with van der Waals surface area (Å²) < 4.78 is 0. The molecule has 0 rings (SSSR count). The molecule has 0 aliphatic heterocycles. The van der Waals surface area contributed by atoms with E-state index in [9.17, 15) is 10.1 Å². The molecule has 5 nitrogen and oxygen atoms in total. The topological polar surface area (TPSA) is 72.6 Å². The van der Waals surface area contributed by atoms with Gasteiger partial charge in [-0.2, -0.15) is 0 Å². The first-order valence-corrected chi connectivity index (χ1v) is 6.65. The number of aliphatic hydroxyl groups excluding tert-OH is 1. The molecule has 0 bridgehead atoms. The highest BCUT2D eigenvalue weighted by molar-refractivity contribution is 4.47. The van der Waals surface area contributed by atoms with Gasteiger partial charge < -0.3 is 9.94 Å². The van der Waals surface area contributed by atoms with Crippen LogP contribution in [0.5, 0.6) is 0 Å². The van der Waals surface area contributed by atoms with E-state index < -0.39 is 5.09 Å². The lowest BCUT2D eigenvalue weighted by Crippen LogP contribution is -2.01. The maximum Gasteiger partial charge on any atom is 0.294 e. The first kappa shape index (κ1) is 16.2. The first-order valence-electron chi connectivity index (χ1n) is 6.65. The van der Waals surface area contributed by atoms with Crippen LogP contribution in [0.4, 0.5) is 0 Å². The molecule has 0 unspecified atom stereocenters. The van der Waals surface area contributed by atoms with E-state index in [1.54, 1.807) is 0 Å². The van der Waals surface area contributed by atoms with E-state index in [4.69, 9.17) is 5.11 Å². The van der Waals surface area contributed by atoms with Gasteiger partial charge in [0.25, 0.3) is 5.09 Å². The molecule has 17 heavy (non-hydrogen) atoms. The normalized spacial score (nSPS) is 10.4. The van der Waals surface area contributed by atoms with Gasteiger partial charge in [-0.25, -0.2) is 0 Å². The van der Waals surface area contributed by atoms with Crippen LogP contribution in [0.25, 0.3) is 0 Å². The third-order valence-electron chi connectivity index (χ3n) is 2.75. The highest BCUT2D eigenvalue weighted by Gasteiger charge is 1.95. The minimum atomic E-state index is -0.730. The van der Waals surface area contributed by atoms with Crippen molar-refractivity contribution < 1.29 is 15.0 Å². The van der Waals surface area contributed by atoms with E-state index in [1.807, 2.05) is 0 Å². The molecule has 0 spiro atoms. The minimum absolute atomic E-state index is 0.230. The Morgan fingerprint density at radius 2 is 1.24 bits per heavy atom. The van der Waals surface area contributed by atoms with Crippen LogP contribution < -0.4 is 0 Å². The van der Waals surface area contributed by atoms with Crippen molar-refractivity contribution in [3.63, 3.8) is 0 Å². The molecule has 0 aromatic rings. The number of unbranched alkanes of at least 4 members (excludes halogenated alkanes) is 9. The van der Waals surface area contributed by atoms with Crippen LogP contribution >= 0.6 is 0 Å². The van der Waals surface area contributed by atoms with E-state index in [0.29, 0.717) is 6.61 Å². The molecule has 0 aliphatic carbocycles. The summed E-state index contributed by atoms with van der Waals surface area (Å²) in [7, 11) is 0. The Bertz CT molecular complexity index is 176. The predicted molar refractivity (Wildman–Crippen MR) is 66.2 cm³/mol. The van der Waals surface area contributed by atoms with Crippen LogP contribution in [0.1, 0.15) is 64.2 Å². The summed E-state index contributed by atoms with van der Waals surface area (Å²) in [5.74, 6) is 0. The van der Waals surface area contributed by atoms with Crippen LogP contribution in [0.2, 0.25) is 0 Å². The molecule has 0 amide bonds. The van der Waals surface area contributed by atoms with Crippen LogP contribution in [-0.4, -0.2) is 23.4 Å². The summed E-state index contributed by atoms with van der Waals surface area (Å²) in [6.07, 6.45) is 11.2. The van der Waals surface area contributed by atoms with E-state index in [2.05, 4.69) is 4.84 Å². The Labute approximate surface area is 103 Å². The largest absolute Gasteiger partial charge is 0.396 e. The quantitative estimate of drug-likeness (QED) is 0.308. The molecule has 0 atom stereocenters. The number of hydrogen-bond acceptors (Lipinski definition) is 4. The van der Waals surface area contributed by atoms with Crippen LogP contribution in [0, 0.1) is 10.1 Å². The zero-order valence-electron chi connectivity index (χ0n) is 10.6. The first-order chi connectivity index (χ1) is 8.27. The van der Waals surface area contributed by atoms with E-state index in [0.717, 1.165) is 32.1 Å². The fraction of sp³-hybridized carbons (Fsp3) is 1.00. The molecule has 0 saturated carbocycles. The molecule has 0 saturated heterocycles. The monoisotopic (exact) mass is 247 g/mol. The van der Waals surface area contributed by atoms with Crippen molar-refractivity contribution in [1.29, 1.82) is 0 Å². The fourth-order valence-electron chi connectivity index (χ4n) is 1.77. The lowest BCUT2D eigenvalue weighted by Gasteiger charge is -2.02. The van der Waals surface area contributed by atoms with Crippen molar-refractivity contribution in [2.75, 3.05) is 13.2 Å². The van der Waals surface area contributed by atoms with Crippen molar-refractivity contribution in [2.45, 2.75) is 64.2 Å². The Hall–Kier alpha value is -0.840. The summed E-state index contributed by atoms with van der Waals surface area (Å²) in [6, 6.07) is 0. The maximum atomic E-state index is 9.85. The zero-order chi connectivity index (χ0) is 12.8. The van der Waals surface area contributed by atoms with Crippen molar-refractivity contribution in [3.05, 3.63) is 10.1 Å². The molecule has 1 N–H and O–H groups in total. The second-order valence-electron chi connectivity index (χ2n) is 4.32. The molecule has 0 aliphatic rings. The average Bonchev–Trinajstić information content (AvgIpc) is 2.30. The van der Waals surface area contributed by atoms with Crippen LogP contribution in [0.3, 0.4) is 0 Å². The second-order valence-corrected chi connectivity index (χ2v) is 4.32. The summed E-state index contributed by atoms with van der Waals surface area (Å²) in [5, 5.41) is 17.7. The van der Waals surface area contributed by atoms with Crippen molar-refractivity contribution in [3.8, 4) is 0 Å². The van der Waals surface area contributed by atoms with Gasteiger partial charge in [0.2, 0.25) is 0 Å². The van der Waals surface area contributed by atoms with Gasteiger partial charge in [0.1, 0.15) is 0 Å². The molecule has 0 radical (unpaired) electrons. The smallest absolute Gasteiger partial charge is 0.294 e. The van der Waals surface area contributed by atoms with Gasteiger partial charge in [0.15, 0.2) is 0 Å². The lowest BCUT2D eigenvalue weighted by atomic mass is 10.1. The Morgan fingerprint density at radius 1 is 0.824 bits per heavy atom. The molecule has 0 aromatic heterocycles. The van der Waals surface area contributed by atoms with Gasteiger partial charge in [-0.1, -0.05) is 51.4 Å². The third-order valence-corrected chi connectivity index (χ3v) is 2.75. The highest BCUT2D eigenvalue weighted by Crippen LogP contribution is 2.10. The van der Waals surface area contributed by atoms with Crippen LogP contribution in [-0.2, 0) is 4.84 Å². The third kappa shape index (κ3) is 15.2. The summed E-state index contributed by atoms with van der Waals surface area (Å²) in [6.45, 7) is 0.542. The van der Waals surface area contributed by atoms with Gasteiger partial charge in [-0.05, 0) is 12.8 Å². The van der Waals surface area contributed by atoms with Crippen molar-refractivity contribution in [2.24, 2.45) is 0 Å². The maximum absolute atomic E-state index is 9.85. The van der Waals surface area contributed by atoms with E-state index >= 15 is 0 Å². The number of hydrogen-bond donors (Lipinski definition) is 1. The van der Waals surface area contributed by atoms with Gasteiger partial charge >= 0.3 is 0 Å². The zero-order valence-corrected chi connectivity index (χ0v) is 10.6. The van der Waals surface area contributed by atoms with Gasteiger partial charge in [0.05, 0.1) is 6.61 Å². The Morgan fingerprint density at radius 3 is 1.65 bits per heavy atom. The molecule has 0 aromatic carbocycles. The predicted octanol–water partition coefficient (Wildman–Crippen LogP) is 3.09. The molecular formula is C12H25NO4. The number of nitrogens with zero attached hydrogens (tertiary/aromatic N) is 1. The summed E-state index contributed by atoms with van der Waals surface area (Å²) in [5.41, 5.74) is 0. The molecular weight excluding hydrogens is 222 g/mol. The summed E-state index contributed by atoms with van der Waals surface area (Å²) >= 11 is 0. The highest BCUT2D eigenvalue weighted by atomic mass is 16.9. The molecule has 0 fully saturated rings. The molecule has 0 heterocycles. The average molecular weight is 247 g/mol. The van der Waals surface area contributed by atoms with Crippen LogP contribution in [0.15, 0.2) is 0 Å². The van der Waals surface area contributed by atoms with E-state index in [1.165, 1.54) is 32.1 Å². The second kappa shape index (κ2) is 13.2. The standard InChI is InChI=1S/C12H25NO4/c14-11-9-7-5-3-1-2-4-6-8-10-12-17-13(15)16/h14H,1-12H2. The van der Waals surface area contributed by atoms with Gasteiger partial charge in [-0.3, -0.25) is 0 Å². The minimum Gasteiger partial charge on any atom is -0.396 e. The van der Waals surface area contributed by atoms with E-state index in [-0.39, 0.29) is 6.61 Å². The van der Waals surface area contributed by atoms with Crippen molar-refractivity contribution >= 4 is 0 Å². The van der Waals surface area contributed by atoms with Gasteiger partial charge in [0, 0.05) is 6.61 Å². The number of rotatable bonds is 13. The Kier molecular flexibility index (Phi) is 12.6. The molecule has 102 valence electrons. The Balaban J connectivity index is 2.91. The number of aliphatic hydroxyl groups is 1. The van der Waals surface area contributed by atoms with Crippen molar-refractivity contribution in [1.82, 2.24) is 0 Å². The SMILES string of the molecule is O=[N+]([O-])OCCCCCCCCCCCCO.